The van der Waals surface area contributed by atoms with Gasteiger partial charge < -0.3 is 5.73 Å². The number of nitrogens with two attached hydrogens (primary N) is 1. The molecule has 0 atom stereocenters. The van der Waals surface area contributed by atoms with E-state index in [0.717, 1.165) is 24.8 Å². The minimum absolute atomic E-state index is 0. The maximum atomic E-state index is 11.3. The summed E-state index contributed by atoms with van der Waals surface area (Å²) in [6.07, 6.45) is 3.31. The minimum atomic E-state index is -0.0713. The van der Waals surface area contributed by atoms with Crippen LogP contribution in [0.1, 0.15) is 31.2 Å². The molecule has 3 N–H and O–H groups in total. The molecule has 0 unspecified atom stereocenters. The first-order valence-electron chi connectivity index (χ1n) is 5.97. The van der Waals surface area contributed by atoms with Gasteiger partial charge in [-0.05, 0) is 24.9 Å². The first-order chi connectivity index (χ1) is 8.33. The summed E-state index contributed by atoms with van der Waals surface area (Å²) in [4.78, 5) is 16.4. The Morgan fingerprint density at radius 2 is 1.89 bits per heavy atom. The van der Waals surface area contributed by atoms with Crippen molar-refractivity contribution in [2.75, 3.05) is 6.54 Å². The first kappa shape index (κ1) is 16.9. The number of hydrogen-bond acceptors (Lipinski definition) is 3. The molecule has 18 heavy (non-hydrogen) atoms. The Bertz CT molecular complexity index is 320. The van der Waals surface area contributed by atoms with Crippen molar-refractivity contribution in [3.63, 3.8) is 0 Å². The van der Waals surface area contributed by atoms with Crippen molar-refractivity contribution in [1.82, 2.24) is 5.48 Å². The molecular formula is C13H21ClN2O2. The minimum Gasteiger partial charge on any atom is -0.330 e. The normalized spacial score (nSPS) is 9.61. The highest BCUT2D eigenvalue weighted by atomic mass is 35.5. The zero-order valence-electron chi connectivity index (χ0n) is 10.4. The zero-order chi connectivity index (χ0) is 12.3. The van der Waals surface area contributed by atoms with E-state index in [1.165, 1.54) is 0 Å². The van der Waals surface area contributed by atoms with Gasteiger partial charge >= 0.3 is 0 Å². The largest absolute Gasteiger partial charge is 0.330 e. The zero-order valence-corrected chi connectivity index (χ0v) is 11.2. The van der Waals surface area contributed by atoms with E-state index < -0.39 is 0 Å². The number of hydrogen-bond donors (Lipinski definition) is 2. The van der Waals surface area contributed by atoms with Crippen LogP contribution in [0.2, 0.25) is 0 Å². The van der Waals surface area contributed by atoms with Crippen LogP contribution >= 0.6 is 12.4 Å². The number of unbranched alkanes of at least 4 members (excludes halogenated alkanes) is 2. The molecule has 0 aromatic heterocycles. The average molecular weight is 273 g/mol. The van der Waals surface area contributed by atoms with Gasteiger partial charge in [-0.1, -0.05) is 36.8 Å². The second-order valence-corrected chi connectivity index (χ2v) is 3.90. The lowest BCUT2D eigenvalue weighted by molar-refractivity contribution is -0.134. The van der Waals surface area contributed by atoms with E-state index in [4.69, 9.17) is 10.6 Å². The number of halogens is 1. The molecule has 0 spiro atoms. The van der Waals surface area contributed by atoms with Crippen LogP contribution in [0, 0.1) is 0 Å². The lowest BCUT2D eigenvalue weighted by Crippen LogP contribution is -2.23. The summed E-state index contributed by atoms with van der Waals surface area (Å²) in [7, 11) is 0. The number of carbonyl (C=O) groups is 1. The lowest BCUT2D eigenvalue weighted by Gasteiger charge is -2.05. The van der Waals surface area contributed by atoms with Crippen molar-refractivity contribution >= 4 is 18.3 Å². The van der Waals surface area contributed by atoms with Crippen molar-refractivity contribution in [3.05, 3.63) is 35.9 Å². The van der Waals surface area contributed by atoms with Crippen LogP contribution in [0.4, 0.5) is 0 Å². The maximum Gasteiger partial charge on any atom is 0.243 e. The topological polar surface area (TPSA) is 64.4 Å². The van der Waals surface area contributed by atoms with Crippen molar-refractivity contribution in [2.45, 2.75) is 32.3 Å². The van der Waals surface area contributed by atoms with E-state index >= 15 is 0 Å². The van der Waals surface area contributed by atoms with Crippen LogP contribution < -0.4 is 11.2 Å². The monoisotopic (exact) mass is 272 g/mol. The van der Waals surface area contributed by atoms with Crippen molar-refractivity contribution in [1.29, 1.82) is 0 Å². The van der Waals surface area contributed by atoms with Gasteiger partial charge in [-0.25, -0.2) is 5.48 Å². The number of hydroxylamine groups is 1. The molecule has 1 amide bonds. The van der Waals surface area contributed by atoms with Gasteiger partial charge in [0.05, 0.1) is 6.61 Å². The van der Waals surface area contributed by atoms with Crippen molar-refractivity contribution < 1.29 is 9.63 Å². The number of carbonyl (C=O) groups excluding carboxylic acids is 1. The van der Waals surface area contributed by atoms with E-state index in [-0.39, 0.29) is 18.3 Å². The van der Waals surface area contributed by atoms with Crippen LogP contribution in [0.25, 0.3) is 0 Å². The summed E-state index contributed by atoms with van der Waals surface area (Å²) >= 11 is 0. The Hall–Kier alpha value is -1.10. The maximum absolute atomic E-state index is 11.3. The summed E-state index contributed by atoms with van der Waals surface area (Å²) < 4.78 is 0. The fourth-order valence-electron chi connectivity index (χ4n) is 1.43. The SMILES string of the molecule is Cl.NCCCCCC(=O)NOCc1ccccc1. The predicted octanol–water partition coefficient (Wildman–Crippen LogP) is 2.18. The summed E-state index contributed by atoms with van der Waals surface area (Å²) in [6, 6.07) is 9.72. The van der Waals surface area contributed by atoms with Gasteiger partial charge in [-0.3, -0.25) is 9.63 Å². The molecule has 1 rings (SSSR count). The van der Waals surface area contributed by atoms with Crippen LogP contribution in [-0.4, -0.2) is 12.5 Å². The van der Waals surface area contributed by atoms with E-state index in [1.54, 1.807) is 0 Å². The molecule has 0 saturated carbocycles. The molecule has 102 valence electrons. The van der Waals surface area contributed by atoms with Gasteiger partial charge in [-0.2, -0.15) is 0 Å². The van der Waals surface area contributed by atoms with Crippen LogP contribution in [0.15, 0.2) is 30.3 Å². The Morgan fingerprint density at radius 1 is 1.17 bits per heavy atom. The fraction of sp³-hybridized carbons (Fsp3) is 0.462. The van der Waals surface area contributed by atoms with Crippen molar-refractivity contribution in [3.8, 4) is 0 Å². The van der Waals surface area contributed by atoms with E-state index in [1.807, 2.05) is 30.3 Å². The van der Waals surface area contributed by atoms with Gasteiger partial charge in [0.1, 0.15) is 0 Å². The van der Waals surface area contributed by atoms with E-state index in [2.05, 4.69) is 5.48 Å². The molecule has 0 fully saturated rings. The van der Waals surface area contributed by atoms with Gasteiger partial charge in [0.2, 0.25) is 5.91 Å². The lowest BCUT2D eigenvalue weighted by atomic mass is 10.2. The number of benzene rings is 1. The predicted molar refractivity (Wildman–Crippen MR) is 74.1 cm³/mol. The van der Waals surface area contributed by atoms with E-state index in [9.17, 15) is 4.79 Å². The molecule has 1 aromatic rings. The van der Waals surface area contributed by atoms with Crippen LogP contribution in [-0.2, 0) is 16.2 Å². The molecule has 0 aliphatic carbocycles. The molecule has 0 aliphatic rings. The second-order valence-electron chi connectivity index (χ2n) is 3.90. The van der Waals surface area contributed by atoms with Crippen LogP contribution in [0.3, 0.4) is 0 Å². The molecule has 0 radical (unpaired) electrons. The fourth-order valence-corrected chi connectivity index (χ4v) is 1.43. The summed E-state index contributed by atoms with van der Waals surface area (Å²) in [6.45, 7) is 1.08. The molecule has 1 aromatic carbocycles. The Morgan fingerprint density at radius 3 is 2.56 bits per heavy atom. The van der Waals surface area contributed by atoms with Gasteiger partial charge in [0.15, 0.2) is 0 Å². The van der Waals surface area contributed by atoms with E-state index in [0.29, 0.717) is 19.6 Å². The summed E-state index contributed by atoms with van der Waals surface area (Å²) in [5.41, 5.74) is 8.84. The highest BCUT2D eigenvalue weighted by Gasteiger charge is 2.00. The smallest absolute Gasteiger partial charge is 0.243 e. The third-order valence-electron chi connectivity index (χ3n) is 2.38. The van der Waals surface area contributed by atoms with Gasteiger partial charge in [-0.15, -0.1) is 12.4 Å². The Labute approximate surface area is 114 Å². The van der Waals surface area contributed by atoms with Crippen LogP contribution in [0.5, 0.6) is 0 Å². The molecular weight excluding hydrogens is 252 g/mol. The third kappa shape index (κ3) is 8.06. The van der Waals surface area contributed by atoms with Crippen molar-refractivity contribution in [2.24, 2.45) is 5.73 Å². The Kier molecular flexibility index (Phi) is 10.3. The molecule has 4 nitrogen and oxygen atoms in total. The van der Waals surface area contributed by atoms with Gasteiger partial charge in [0.25, 0.3) is 0 Å². The highest BCUT2D eigenvalue weighted by molar-refractivity contribution is 5.85. The average Bonchev–Trinajstić information content (AvgIpc) is 2.36. The molecule has 0 aliphatic heterocycles. The van der Waals surface area contributed by atoms with Gasteiger partial charge in [0, 0.05) is 6.42 Å². The summed E-state index contributed by atoms with van der Waals surface area (Å²) in [5, 5.41) is 0. The molecule has 5 heteroatoms. The number of amides is 1. The highest BCUT2D eigenvalue weighted by Crippen LogP contribution is 2.00. The standard InChI is InChI=1S/C13H20N2O2.ClH/c14-10-6-2-5-9-13(16)15-17-11-12-7-3-1-4-8-12;/h1,3-4,7-8H,2,5-6,9-11,14H2,(H,15,16);1H. The molecule has 0 heterocycles. The number of nitrogens with one attached hydrogen (secondary N) is 1. The number of rotatable bonds is 8. The third-order valence-corrected chi connectivity index (χ3v) is 2.38. The second kappa shape index (κ2) is 11.0. The quantitative estimate of drug-likeness (QED) is 0.563. The molecule has 0 bridgehead atoms. The first-order valence-corrected chi connectivity index (χ1v) is 5.97. The molecule has 0 saturated heterocycles. The Balaban J connectivity index is 0.00000289. The summed E-state index contributed by atoms with van der Waals surface area (Å²) in [5.74, 6) is -0.0713.